The van der Waals surface area contributed by atoms with Crippen LogP contribution in [0.4, 0.5) is 10.1 Å². The van der Waals surface area contributed by atoms with E-state index in [1.165, 1.54) is 12.1 Å². The molecule has 21 heavy (non-hydrogen) atoms. The summed E-state index contributed by atoms with van der Waals surface area (Å²) in [7, 11) is 1.90. The standard InChI is InChI=1S/C16H17FN2O2/c1-19(13-4-2-3-12(17)8-13)14(9-18)11-5-6-15-16(7-11)21-10-20-15/h2-8,14H,9-10,18H2,1H3. The van der Waals surface area contributed by atoms with E-state index in [1.807, 2.05) is 36.2 Å². The van der Waals surface area contributed by atoms with E-state index >= 15 is 0 Å². The molecule has 0 radical (unpaired) electrons. The number of likely N-dealkylation sites (N-methyl/N-ethyl adjacent to an activating group) is 1. The van der Waals surface area contributed by atoms with Crippen molar-refractivity contribution >= 4 is 5.69 Å². The average molecular weight is 288 g/mol. The van der Waals surface area contributed by atoms with Crippen LogP contribution in [0.15, 0.2) is 42.5 Å². The van der Waals surface area contributed by atoms with Gasteiger partial charge in [0.2, 0.25) is 6.79 Å². The summed E-state index contributed by atoms with van der Waals surface area (Å²) in [5, 5.41) is 0. The summed E-state index contributed by atoms with van der Waals surface area (Å²) in [5.41, 5.74) is 7.71. The van der Waals surface area contributed by atoms with Gasteiger partial charge >= 0.3 is 0 Å². The molecule has 0 saturated carbocycles. The summed E-state index contributed by atoms with van der Waals surface area (Å²) < 4.78 is 24.1. The Labute approximate surface area is 122 Å². The van der Waals surface area contributed by atoms with E-state index in [1.54, 1.807) is 6.07 Å². The first kappa shape index (κ1) is 13.7. The van der Waals surface area contributed by atoms with Gasteiger partial charge < -0.3 is 20.1 Å². The molecule has 0 fully saturated rings. The highest BCUT2D eigenvalue weighted by Gasteiger charge is 2.20. The smallest absolute Gasteiger partial charge is 0.231 e. The monoisotopic (exact) mass is 288 g/mol. The third-order valence-electron chi connectivity index (χ3n) is 3.69. The molecule has 1 heterocycles. The van der Waals surface area contributed by atoms with Crippen LogP contribution in [0.1, 0.15) is 11.6 Å². The molecule has 2 aromatic rings. The molecule has 0 aliphatic carbocycles. The van der Waals surface area contributed by atoms with Crippen molar-refractivity contribution < 1.29 is 13.9 Å². The van der Waals surface area contributed by atoms with Crippen molar-refractivity contribution in [3.05, 3.63) is 53.8 Å². The molecule has 0 spiro atoms. The molecule has 1 atom stereocenters. The van der Waals surface area contributed by atoms with Crippen LogP contribution in [0.5, 0.6) is 11.5 Å². The Morgan fingerprint density at radius 1 is 1.19 bits per heavy atom. The molecule has 2 N–H and O–H groups in total. The van der Waals surface area contributed by atoms with Crippen LogP contribution in [0.25, 0.3) is 0 Å². The summed E-state index contributed by atoms with van der Waals surface area (Å²) in [5.74, 6) is 1.20. The lowest BCUT2D eigenvalue weighted by Gasteiger charge is -2.29. The maximum absolute atomic E-state index is 13.4. The molecule has 110 valence electrons. The minimum atomic E-state index is -0.263. The quantitative estimate of drug-likeness (QED) is 0.939. The summed E-state index contributed by atoms with van der Waals surface area (Å²) in [6.45, 7) is 0.651. The minimum absolute atomic E-state index is 0.0682. The normalized spacial score (nSPS) is 14.0. The molecule has 2 aromatic carbocycles. The molecule has 3 rings (SSSR count). The molecule has 1 aliphatic rings. The molecule has 1 aliphatic heterocycles. The fraction of sp³-hybridized carbons (Fsp3) is 0.250. The number of hydrogen-bond acceptors (Lipinski definition) is 4. The fourth-order valence-corrected chi connectivity index (χ4v) is 2.51. The Balaban J connectivity index is 1.91. The molecule has 0 aromatic heterocycles. The number of fused-ring (bicyclic) bond motifs is 1. The van der Waals surface area contributed by atoms with Crippen molar-refractivity contribution in [2.24, 2.45) is 5.73 Å². The predicted octanol–water partition coefficient (Wildman–Crippen LogP) is 2.69. The van der Waals surface area contributed by atoms with E-state index in [-0.39, 0.29) is 18.7 Å². The zero-order valence-electron chi connectivity index (χ0n) is 11.8. The van der Waals surface area contributed by atoms with Gasteiger partial charge in [-0.1, -0.05) is 12.1 Å². The number of nitrogens with two attached hydrogens (primary N) is 1. The van der Waals surface area contributed by atoms with E-state index in [0.29, 0.717) is 6.54 Å². The number of hydrogen-bond donors (Lipinski definition) is 1. The maximum atomic E-state index is 13.4. The van der Waals surface area contributed by atoms with Gasteiger partial charge in [0.15, 0.2) is 11.5 Å². The third-order valence-corrected chi connectivity index (χ3v) is 3.69. The van der Waals surface area contributed by atoms with E-state index < -0.39 is 0 Å². The van der Waals surface area contributed by atoms with Crippen molar-refractivity contribution in [2.45, 2.75) is 6.04 Å². The third kappa shape index (κ3) is 2.64. The first-order chi connectivity index (χ1) is 10.2. The number of ether oxygens (including phenoxy) is 2. The van der Waals surface area contributed by atoms with Crippen LogP contribution in [0.3, 0.4) is 0 Å². The average Bonchev–Trinajstić information content (AvgIpc) is 2.95. The Bertz CT molecular complexity index is 648. The highest BCUT2D eigenvalue weighted by atomic mass is 19.1. The van der Waals surface area contributed by atoms with Crippen LogP contribution < -0.4 is 20.1 Å². The van der Waals surface area contributed by atoms with Gasteiger partial charge in [0.05, 0.1) is 6.04 Å². The SMILES string of the molecule is CN(c1cccc(F)c1)C(CN)c1ccc2c(c1)OCO2. The van der Waals surface area contributed by atoms with Gasteiger partial charge in [-0.2, -0.15) is 0 Å². The van der Waals surface area contributed by atoms with Gasteiger partial charge in [0, 0.05) is 19.3 Å². The second-order valence-electron chi connectivity index (χ2n) is 4.95. The summed E-state index contributed by atoms with van der Waals surface area (Å²) in [6.07, 6.45) is 0. The molecule has 0 saturated heterocycles. The van der Waals surface area contributed by atoms with Crippen molar-refractivity contribution in [1.82, 2.24) is 0 Å². The van der Waals surface area contributed by atoms with Crippen molar-refractivity contribution in [1.29, 1.82) is 0 Å². The van der Waals surface area contributed by atoms with E-state index in [0.717, 1.165) is 22.7 Å². The molecule has 4 nitrogen and oxygen atoms in total. The molecule has 0 bridgehead atoms. The largest absolute Gasteiger partial charge is 0.454 e. The van der Waals surface area contributed by atoms with Gasteiger partial charge in [-0.05, 0) is 35.9 Å². The highest BCUT2D eigenvalue weighted by Crippen LogP contribution is 2.36. The zero-order chi connectivity index (χ0) is 14.8. The Morgan fingerprint density at radius 2 is 2.00 bits per heavy atom. The minimum Gasteiger partial charge on any atom is -0.454 e. The highest BCUT2D eigenvalue weighted by molar-refractivity contribution is 5.51. The fourth-order valence-electron chi connectivity index (χ4n) is 2.51. The van der Waals surface area contributed by atoms with Gasteiger partial charge in [-0.25, -0.2) is 4.39 Å². The van der Waals surface area contributed by atoms with Crippen LogP contribution in [-0.2, 0) is 0 Å². The lowest BCUT2D eigenvalue weighted by molar-refractivity contribution is 0.174. The zero-order valence-corrected chi connectivity index (χ0v) is 11.8. The number of benzene rings is 2. The van der Waals surface area contributed by atoms with Crippen LogP contribution in [0.2, 0.25) is 0 Å². The Kier molecular flexibility index (Phi) is 3.66. The summed E-state index contributed by atoms with van der Waals surface area (Å²) in [6, 6.07) is 12.2. The first-order valence-electron chi connectivity index (χ1n) is 6.77. The molecule has 1 unspecified atom stereocenters. The number of nitrogens with zero attached hydrogens (tertiary/aromatic N) is 1. The van der Waals surface area contributed by atoms with Crippen LogP contribution in [-0.4, -0.2) is 20.4 Å². The lowest BCUT2D eigenvalue weighted by Crippen LogP contribution is -2.30. The van der Waals surface area contributed by atoms with E-state index in [9.17, 15) is 4.39 Å². The van der Waals surface area contributed by atoms with Crippen molar-refractivity contribution in [3.63, 3.8) is 0 Å². The predicted molar refractivity (Wildman–Crippen MR) is 79.2 cm³/mol. The second-order valence-corrected chi connectivity index (χ2v) is 4.95. The lowest BCUT2D eigenvalue weighted by atomic mass is 10.0. The summed E-state index contributed by atoms with van der Waals surface area (Å²) in [4.78, 5) is 1.96. The second kappa shape index (κ2) is 5.61. The molecule has 0 amide bonds. The van der Waals surface area contributed by atoms with E-state index in [4.69, 9.17) is 15.2 Å². The van der Waals surface area contributed by atoms with Crippen LogP contribution in [0, 0.1) is 5.82 Å². The van der Waals surface area contributed by atoms with Crippen LogP contribution >= 0.6 is 0 Å². The first-order valence-corrected chi connectivity index (χ1v) is 6.77. The molecular weight excluding hydrogens is 271 g/mol. The molecular formula is C16H17FN2O2. The van der Waals surface area contributed by atoms with Gasteiger partial charge in [0.1, 0.15) is 5.82 Å². The Morgan fingerprint density at radius 3 is 2.76 bits per heavy atom. The topological polar surface area (TPSA) is 47.7 Å². The van der Waals surface area contributed by atoms with Crippen molar-refractivity contribution in [2.75, 3.05) is 25.3 Å². The van der Waals surface area contributed by atoms with E-state index in [2.05, 4.69) is 0 Å². The summed E-state index contributed by atoms with van der Waals surface area (Å²) >= 11 is 0. The van der Waals surface area contributed by atoms with Gasteiger partial charge in [-0.3, -0.25) is 0 Å². The number of anilines is 1. The maximum Gasteiger partial charge on any atom is 0.231 e. The number of rotatable bonds is 4. The number of halogens is 1. The Hall–Kier alpha value is -2.27. The molecule has 5 heteroatoms. The van der Waals surface area contributed by atoms with Gasteiger partial charge in [0.25, 0.3) is 0 Å². The van der Waals surface area contributed by atoms with Crippen molar-refractivity contribution in [3.8, 4) is 11.5 Å². The van der Waals surface area contributed by atoms with Gasteiger partial charge in [-0.15, -0.1) is 0 Å².